The molecule has 0 fully saturated rings. The van der Waals surface area contributed by atoms with Gasteiger partial charge in [0.25, 0.3) is 5.91 Å². The van der Waals surface area contributed by atoms with E-state index in [1.165, 1.54) is 11.1 Å². The summed E-state index contributed by atoms with van der Waals surface area (Å²) in [5.41, 5.74) is 3.60. The zero-order valence-electron chi connectivity index (χ0n) is 15.5. The van der Waals surface area contributed by atoms with Gasteiger partial charge in [-0.1, -0.05) is 48.5 Å². The Morgan fingerprint density at radius 2 is 1.89 bits per heavy atom. The molecule has 0 radical (unpaired) electrons. The minimum atomic E-state index is -0.221. The number of unbranched alkanes of at least 4 members (excludes halogenated alkanes) is 1. The summed E-state index contributed by atoms with van der Waals surface area (Å²) in [6.07, 6.45) is 6.58. The van der Waals surface area contributed by atoms with Crippen molar-refractivity contribution in [1.82, 2.24) is 5.32 Å². The molecule has 0 spiro atoms. The molecule has 2 aromatic rings. The Morgan fingerprint density at radius 3 is 2.70 bits per heavy atom. The topological polar surface area (TPSA) is 56.1 Å². The van der Waals surface area contributed by atoms with Crippen LogP contribution in [0.15, 0.2) is 66.4 Å². The molecule has 4 heteroatoms. The number of benzene rings is 2. The van der Waals surface area contributed by atoms with Gasteiger partial charge in [-0.15, -0.1) is 0 Å². The molecule has 2 aromatic carbocycles. The highest BCUT2D eigenvalue weighted by atomic mass is 16.2. The van der Waals surface area contributed by atoms with E-state index in [2.05, 4.69) is 41.7 Å². The summed E-state index contributed by atoms with van der Waals surface area (Å²) in [4.78, 5) is 14.5. The van der Waals surface area contributed by atoms with E-state index in [1.54, 1.807) is 11.1 Å². The maximum absolute atomic E-state index is 12.8. The first-order valence-corrected chi connectivity index (χ1v) is 9.57. The minimum Gasteiger partial charge on any atom is -0.390 e. The lowest BCUT2D eigenvalue weighted by atomic mass is 10.0. The minimum absolute atomic E-state index is 0.162. The molecule has 27 heavy (non-hydrogen) atoms. The lowest BCUT2D eigenvalue weighted by molar-refractivity contribution is -0.114. The molecular weight excluding hydrogens is 334 g/mol. The third kappa shape index (κ3) is 4.98. The highest BCUT2D eigenvalue weighted by Gasteiger charge is 2.24. The number of para-hydroxylation sites is 1. The molecule has 0 aliphatic carbocycles. The van der Waals surface area contributed by atoms with E-state index in [9.17, 15) is 10.1 Å². The van der Waals surface area contributed by atoms with Crippen molar-refractivity contribution in [3.63, 3.8) is 0 Å². The number of nitrogens with zero attached hydrogens (tertiary/aromatic N) is 2. The number of aryl methyl sites for hydroxylation is 2. The smallest absolute Gasteiger partial charge is 0.270 e. The molecule has 1 aliphatic rings. The summed E-state index contributed by atoms with van der Waals surface area (Å²) >= 11 is 0. The number of fused-ring (bicyclic) bond motifs is 1. The van der Waals surface area contributed by atoms with Gasteiger partial charge in [0.15, 0.2) is 0 Å². The first-order chi connectivity index (χ1) is 13.3. The number of nitrogens with one attached hydrogen (secondary N) is 1. The second-order valence-electron chi connectivity index (χ2n) is 6.76. The summed E-state index contributed by atoms with van der Waals surface area (Å²) in [7, 11) is 0. The fourth-order valence-corrected chi connectivity index (χ4v) is 3.41. The van der Waals surface area contributed by atoms with Gasteiger partial charge in [0.05, 0.1) is 0 Å². The highest BCUT2D eigenvalue weighted by Crippen LogP contribution is 2.27. The van der Waals surface area contributed by atoms with Crippen LogP contribution in [-0.4, -0.2) is 19.0 Å². The van der Waals surface area contributed by atoms with Gasteiger partial charge in [-0.2, -0.15) is 5.26 Å². The van der Waals surface area contributed by atoms with Crippen molar-refractivity contribution in [2.24, 2.45) is 0 Å². The van der Waals surface area contributed by atoms with Crippen LogP contribution >= 0.6 is 0 Å². The van der Waals surface area contributed by atoms with Crippen molar-refractivity contribution in [2.75, 3.05) is 18.0 Å². The molecule has 3 rings (SSSR count). The van der Waals surface area contributed by atoms with Gasteiger partial charge in [0, 0.05) is 25.0 Å². The molecule has 1 aliphatic heterocycles. The number of carbonyl (C=O) groups is 1. The number of anilines is 1. The average Bonchev–Trinajstić information content (AvgIpc) is 2.73. The summed E-state index contributed by atoms with van der Waals surface area (Å²) in [6, 6.07) is 20.4. The summed E-state index contributed by atoms with van der Waals surface area (Å²) in [5, 5.41) is 12.6. The van der Waals surface area contributed by atoms with E-state index in [-0.39, 0.29) is 11.5 Å². The monoisotopic (exact) mass is 359 g/mol. The molecule has 0 aromatic heterocycles. The SMILES string of the molecule is N#C/C(=C/NCCCCc1ccccc1)C(=O)N1CCCc2ccccc21. The lowest BCUT2D eigenvalue weighted by Gasteiger charge is -2.29. The van der Waals surface area contributed by atoms with Gasteiger partial charge in [0.2, 0.25) is 0 Å². The van der Waals surface area contributed by atoms with Crippen LogP contribution in [0, 0.1) is 11.3 Å². The van der Waals surface area contributed by atoms with Crippen molar-refractivity contribution in [2.45, 2.75) is 32.1 Å². The van der Waals surface area contributed by atoms with Crippen LogP contribution < -0.4 is 10.2 Å². The van der Waals surface area contributed by atoms with Crippen LogP contribution in [0.4, 0.5) is 5.69 Å². The fourth-order valence-electron chi connectivity index (χ4n) is 3.41. The second kappa shape index (κ2) is 9.59. The van der Waals surface area contributed by atoms with Gasteiger partial charge >= 0.3 is 0 Å². The first kappa shape index (κ1) is 18.7. The molecule has 1 heterocycles. The third-order valence-electron chi connectivity index (χ3n) is 4.83. The normalized spacial score (nSPS) is 13.6. The second-order valence-corrected chi connectivity index (χ2v) is 6.76. The predicted octanol–water partition coefficient (Wildman–Crippen LogP) is 3.99. The number of nitriles is 1. The van der Waals surface area contributed by atoms with Gasteiger partial charge in [-0.05, 0) is 49.3 Å². The van der Waals surface area contributed by atoms with E-state index >= 15 is 0 Å². The van der Waals surface area contributed by atoms with Crippen LogP contribution in [0.25, 0.3) is 0 Å². The highest BCUT2D eigenvalue weighted by molar-refractivity contribution is 6.08. The molecule has 0 saturated carbocycles. The molecule has 1 amide bonds. The zero-order chi connectivity index (χ0) is 18.9. The number of hydrogen-bond donors (Lipinski definition) is 1. The van der Waals surface area contributed by atoms with Crippen LogP contribution in [0.3, 0.4) is 0 Å². The van der Waals surface area contributed by atoms with Crippen LogP contribution in [0.5, 0.6) is 0 Å². The summed E-state index contributed by atoms with van der Waals surface area (Å²) in [6.45, 7) is 1.41. The molecule has 138 valence electrons. The number of carbonyl (C=O) groups excluding carboxylic acids is 1. The third-order valence-corrected chi connectivity index (χ3v) is 4.83. The van der Waals surface area contributed by atoms with E-state index in [4.69, 9.17) is 0 Å². The van der Waals surface area contributed by atoms with Crippen LogP contribution in [0.2, 0.25) is 0 Å². The van der Waals surface area contributed by atoms with E-state index in [0.29, 0.717) is 6.54 Å². The number of rotatable bonds is 7. The van der Waals surface area contributed by atoms with Gasteiger partial charge < -0.3 is 10.2 Å². The Labute approximate surface area is 161 Å². The van der Waals surface area contributed by atoms with E-state index < -0.39 is 0 Å². The van der Waals surface area contributed by atoms with Crippen molar-refractivity contribution >= 4 is 11.6 Å². The summed E-state index contributed by atoms with van der Waals surface area (Å²) in [5.74, 6) is -0.221. The quantitative estimate of drug-likeness (QED) is 0.462. The Balaban J connectivity index is 1.51. The number of hydrogen-bond acceptors (Lipinski definition) is 3. The number of amides is 1. The maximum Gasteiger partial charge on any atom is 0.270 e. The molecule has 1 N–H and O–H groups in total. The Bertz CT molecular complexity index is 836. The van der Waals surface area contributed by atoms with Gasteiger partial charge in [0.1, 0.15) is 11.6 Å². The first-order valence-electron chi connectivity index (χ1n) is 9.57. The van der Waals surface area contributed by atoms with Crippen LogP contribution in [0.1, 0.15) is 30.4 Å². The van der Waals surface area contributed by atoms with Gasteiger partial charge in [-0.25, -0.2) is 0 Å². The average molecular weight is 359 g/mol. The maximum atomic E-state index is 12.8. The molecule has 0 atom stereocenters. The Hall–Kier alpha value is -3.06. The molecule has 0 saturated heterocycles. The summed E-state index contributed by atoms with van der Waals surface area (Å²) < 4.78 is 0. The molecule has 0 unspecified atom stereocenters. The largest absolute Gasteiger partial charge is 0.390 e. The van der Waals surface area contributed by atoms with E-state index in [0.717, 1.165) is 44.3 Å². The molecular formula is C23H25N3O. The van der Waals surface area contributed by atoms with E-state index in [1.807, 2.05) is 24.3 Å². The van der Waals surface area contributed by atoms with Gasteiger partial charge in [-0.3, -0.25) is 4.79 Å². The van der Waals surface area contributed by atoms with Crippen molar-refractivity contribution in [1.29, 1.82) is 5.26 Å². The standard InChI is InChI=1S/C23H25N3O/c24-17-21(18-25-15-7-6-11-19-9-2-1-3-10-19)23(27)26-16-8-13-20-12-4-5-14-22(20)26/h1-5,9-10,12,14,18,25H,6-8,11,13,15-16H2/b21-18-. The molecule has 4 nitrogen and oxygen atoms in total. The van der Waals surface area contributed by atoms with Crippen molar-refractivity contribution in [3.05, 3.63) is 77.5 Å². The lowest BCUT2D eigenvalue weighted by Crippen LogP contribution is -2.36. The fraction of sp³-hybridized carbons (Fsp3) is 0.304. The predicted molar refractivity (Wildman–Crippen MR) is 108 cm³/mol. The Kier molecular flexibility index (Phi) is 6.65. The molecule has 0 bridgehead atoms. The van der Waals surface area contributed by atoms with Crippen molar-refractivity contribution < 1.29 is 4.79 Å². The van der Waals surface area contributed by atoms with Crippen LogP contribution in [-0.2, 0) is 17.6 Å². The van der Waals surface area contributed by atoms with Crippen molar-refractivity contribution in [3.8, 4) is 6.07 Å². The Morgan fingerprint density at radius 1 is 1.11 bits per heavy atom. The zero-order valence-corrected chi connectivity index (χ0v) is 15.5.